The molecule has 0 saturated heterocycles. The predicted octanol–water partition coefficient (Wildman–Crippen LogP) is 3.75. The van der Waals surface area contributed by atoms with Crippen LogP contribution in [0.15, 0.2) is 35.3 Å². The lowest BCUT2D eigenvalue weighted by Gasteiger charge is -2.16. The Morgan fingerprint density at radius 3 is 2.61 bits per heavy atom. The highest BCUT2D eigenvalue weighted by atomic mass is 32.1. The van der Waals surface area contributed by atoms with Crippen molar-refractivity contribution in [1.82, 2.24) is 15.2 Å². The van der Waals surface area contributed by atoms with E-state index in [9.17, 15) is 4.79 Å². The number of thiophene rings is 1. The molecule has 0 amide bonds. The zero-order valence-corrected chi connectivity index (χ0v) is 13.7. The smallest absolute Gasteiger partial charge is 0.267 e. The summed E-state index contributed by atoms with van der Waals surface area (Å²) in [5.41, 5.74) is 5.09. The molecule has 0 fully saturated rings. The molecule has 0 bridgehead atoms. The maximum Gasteiger partial charge on any atom is 0.267 e. The third-order valence-electron chi connectivity index (χ3n) is 4.30. The molecule has 4 nitrogen and oxygen atoms in total. The molecule has 1 aliphatic rings. The van der Waals surface area contributed by atoms with Crippen molar-refractivity contribution < 1.29 is 0 Å². The van der Waals surface area contributed by atoms with Crippen molar-refractivity contribution in [1.29, 1.82) is 0 Å². The van der Waals surface area contributed by atoms with Crippen LogP contribution in [-0.2, 0) is 12.8 Å². The zero-order chi connectivity index (χ0) is 15.8. The first-order chi connectivity index (χ1) is 11.2. The second-order valence-corrected chi connectivity index (χ2v) is 7.03. The number of pyridine rings is 1. The van der Waals surface area contributed by atoms with Gasteiger partial charge in [0.1, 0.15) is 5.69 Å². The van der Waals surface area contributed by atoms with Crippen molar-refractivity contribution in [3.63, 3.8) is 0 Å². The lowest BCUT2D eigenvalue weighted by atomic mass is 9.91. The lowest BCUT2D eigenvalue weighted by Crippen LogP contribution is -2.21. The number of fused-ring (bicyclic) bond motifs is 1. The highest BCUT2D eigenvalue weighted by Gasteiger charge is 2.20. The van der Waals surface area contributed by atoms with E-state index in [1.807, 2.05) is 19.2 Å². The van der Waals surface area contributed by atoms with Gasteiger partial charge in [0, 0.05) is 11.8 Å². The van der Waals surface area contributed by atoms with Gasteiger partial charge < -0.3 is 0 Å². The van der Waals surface area contributed by atoms with Gasteiger partial charge in [0.05, 0.1) is 15.4 Å². The van der Waals surface area contributed by atoms with Gasteiger partial charge in [0.2, 0.25) is 0 Å². The highest BCUT2D eigenvalue weighted by molar-refractivity contribution is 7.18. The first-order valence-electron chi connectivity index (χ1n) is 7.86. The summed E-state index contributed by atoms with van der Waals surface area (Å²) < 4.78 is 0. The fourth-order valence-corrected chi connectivity index (χ4v) is 4.08. The molecule has 3 heterocycles. The van der Waals surface area contributed by atoms with Crippen molar-refractivity contribution >= 4 is 11.3 Å². The van der Waals surface area contributed by atoms with Crippen molar-refractivity contribution in [3.8, 4) is 21.1 Å². The van der Waals surface area contributed by atoms with Crippen LogP contribution in [0, 0.1) is 6.92 Å². The SMILES string of the molecule is Cc1ccc(-c2ccc(-c3n[nH]c(=O)c4c3CCCC4)s2)nc1. The Balaban J connectivity index is 1.78. The first-order valence-corrected chi connectivity index (χ1v) is 8.68. The number of aryl methyl sites for hydroxylation is 1. The number of rotatable bonds is 2. The van der Waals surface area contributed by atoms with Crippen LogP contribution in [0.3, 0.4) is 0 Å². The minimum absolute atomic E-state index is 0.0274. The Labute approximate surface area is 138 Å². The second-order valence-electron chi connectivity index (χ2n) is 5.95. The van der Waals surface area contributed by atoms with Crippen LogP contribution >= 0.6 is 11.3 Å². The standard InChI is InChI=1S/C18H17N3OS/c1-11-6-7-14(19-10-11)15-8-9-16(23-15)17-12-4-2-3-5-13(12)18(22)21-20-17/h6-10H,2-5H2,1H3,(H,21,22). The number of aromatic nitrogens is 3. The normalized spacial score (nSPS) is 13.8. The quantitative estimate of drug-likeness (QED) is 0.781. The van der Waals surface area contributed by atoms with Crippen LogP contribution in [-0.4, -0.2) is 15.2 Å². The van der Waals surface area contributed by atoms with Crippen LogP contribution in [0.25, 0.3) is 21.1 Å². The molecule has 23 heavy (non-hydrogen) atoms. The van der Waals surface area contributed by atoms with E-state index in [0.717, 1.165) is 63.5 Å². The number of nitrogens with one attached hydrogen (secondary N) is 1. The van der Waals surface area contributed by atoms with Crippen LogP contribution in [0.2, 0.25) is 0 Å². The van der Waals surface area contributed by atoms with E-state index in [1.165, 1.54) is 0 Å². The van der Waals surface area contributed by atoms with E-state index < -0.39 is 0 Å². The van der Waals surface area contributed by atoms with Crippen LogP contribution in [0.1, 0.15) is 29.5 Å². The fourth-order valence-electron chi connectivity index (χ4n) is 3.08. The van der Waals surface area contributed by atoms with Crippen molar-refractivity contribution in [2.75, 3.05) is 0 Å². The Morgan fingerprint density at radius 1 is 1.04 bits per heavy atom. The molecule has 1 aliphatic carbocycles. The van der Waals surface area contributed by atoms with Gasteiger partial charge >= 0.3 is 0 Å². The predicted molar refractivity (Wildman–Crippen MR) is 92.8 cm³/mol. The molecule has 0 spiro atoms. The summed E-state index contributed by atoms with van der Waals surface area (Å²) in [6.07, 6.45) is 5.90. The average molecular weight is 323 g/mol. The largest absolute Gasteiger partial charge is 0.268 e. The second kappa shape index (κ2) is 5.74. The Morgan fingerprint density at radius 2 is 1.83 bits per heavy atom. The maximum atomic E-state index is 12.0. The molecule has 4 rings (SSSR count). The number of hydrogen-bond donors (Lipinski definition) is 1. The summed E-state index contributed by atoms with van der Waals surface area (Å²) in [6.45, 7) is 2.03. The van der Waals surface area contributed by atoms with E-state index in [1.54, 1.807) is 11.3 Å². The minimum atomic E-state index is -0.0274. The zero-order valence-electron chi connectivity index (χ0n) is 12.9. The van der Waals surface area contributed by atoms with Gasteiger partial charge in [0.15, 0.2) is 0 Å². The van der Waals surface area contributed by atoms with Crippen molar-refractivity contribution in [3.05, 3.63) is 57.5 Å². The molecule has 0 atom stereocenters. The monoisotopic (exact) mass is 323 g/mol. The maximum absolute atomic E-state index is 12.0. The Kier molecular flexibility index (Phi) is 3.58. The summed E-state index contributed by atoms with van der Waals surface area (Å²) in [5, 5.41) is 7.00. The summed E-state index contributed by atoms with van der Waals surface area (Å²) >= 11 is 1.68. The Bertz CT molecular complexity index is 909. The Hall–Kier alpha value is -2.27. The van der Waals surface area contributed by atoms with Gasteiger partial charge in [-0.05, 0) is 61.9 Å². The molecule has 3 aromatic rings. The number of nitrogens with zero attached hydrogens (tertiary/aromatic N) is 2. The lowest BCUT2D eigenvalue weighted by molar-refractivity contribution is 0.669. The van der Waals surface area contributed by atoms with Gasteiger partial charge in [-0.25, -0.2) is 5.10 Å². The summed E-state index contributed by atoms with van der Waals surface area (Å²) in [5.74, 6) is 0. The third kappa shape index (κ3) is 2.61. The molecule has 0 aromatic carbocycles. The summed E-state index contributed by atoms with van der Waals surface area (Å²) in [4.78, 5) is 18.7. The number of aromatic amines is 1. The molecule has 0 unspecified atom stereocenters. The van der Waals surface area contributed by atoms with Crippen molar-refractivity contribution in [2.45, 2.75) is 32.6 Å². The van der Waals surface area contributed by atoms with E-state index in [0.29, 0.717) is 0 Å². The molecule has 1 N–H and O–H groups in total. The molecule has 0 radical (unpaired) electrons. The average Bonchev–Trinajstić information content (AvgIpc) is 3.06. The van der Waals surface area contributed by atoms with Gasteiger partial charge in [-0.2, -0.15) is 5.10 Å². The van der Waals surface area contributed by atoms with Crippen molar-refractivity contribution in [2.24, 2.45) is 0 Å². The van der Waals surface area contributed by atoms with Gasteiger partial charge in [-0.15, -0.1) is 11.3 Å². The summed E-state index contributed by atoms with van der Waals surface area (Å²) in [6, 6.07) is 8.28. The molecule has 116 valence electrons. The van der Waals surface area contributed by atoms with E-state index in [2.05, 4.69) is 33.4 Å². The molecule has 0 aliphatic heterocycles. The minimum Gasteiger partial charge on any atom is -0.268 e. The van der Waals surface area contributed by atoms with Gasteiger partial charge in [-0.3, -0.25) is 9.78 Å². The number of hydrogen-bond acceptors (Lipinski definition) is 4. The van der Waals surface area contributed by atoms with Gasteiger partial charge in [-0.1, -0.05) is 6.07 Å². The number of H-pyrrole nitrogens is 1. The molecule has 0 saturated carbocycles. The van der Waals surface area contributed by atoms with Crippen LogP contribution in [0.5, 0.6) is 0 Å². The molecule has 3 aromatic heterocycles. The van der Waals surface area contributed by atoms with Crippen LogP contribution < -0.4 is 5.56 Å². The third-order valence-corrected chi connectivity index (χ3v) is 5.41. The van der Waals surface area contributed by atoms with Crippen LogP contribution in [0.4, 0.5) is 0 Å². The fraction of sp³-hybridized carbons (Fsp3) is 0.278. The topological polar surface area (TPSA) is 58.6 Å². The van der Waals surface area contributed by atoms with E-state index in [-0.39, 0.29) is 5.56 Å². The van der Waals surface area contributed by atoms with Gasteiger partial charge in [0.25, 0.3) is 5.56 Å². The molecule has 5 heteroatoms. The molecular weight excluding hydrogens is 306 g/mol. The van der Waals surface area contributed by atoms with E-state index >= 15 is 0 Å². The van der Waals surface area contributed by atoms with E-state index in [4.69, 9.17) is 0 Å². The highest BCUT2D eigenvalue weighted by Crippen LogP contribution is 2.35. The molecular formula is C18H17N3OS. The summed E-state index contributed by atoms with van der Waals surface area (Å²) in [7, 11) is 0. The first kappa shape index (κ1) is 14.3.